The van der Waals surface area contributed by atoms with Crippen molar-refractivity contribution in [2.45, 2.75) is 19.8 Å². The molecule has 1 aromatic carbocycles. The van der Waals surface area contributed by atoms with E-state index in [0.717, 1.165) is 12.8 Å². The van der Waals surface area contributed by atoms with Gasteiger partial charge in [-0.15, -0.1) is 0 Å². The maximum absolute atomic E-state index is 14.4. The molecule has 0 aliphatic heterocycles. The van der Waals surface area contributed by atoms with E-state index >= 15 is 0 Å². The van der Waals surface area contributed by atoms with Gasteiger partial charge in [0.15, 0.2) is 11.6 Å². The minimum Gasteiger partial charge on any atom is -0.494 e. The van der Waals surface area contributed by atoms with Crippen molar-refractivity contribution in [1.29, 1.82) is 0 Å². The first-order chi connectivity index (χ1) is 13.0. The van der Waals surface area contributed by atoms with Crippen LogP contribution in [-0.2, 0) is 0 Å². The molecule has 4 rings (SSSR count). The standard InChI is InChI=1S/C19H19FN4O3/c1-9-15(19(21)25)17-18(24-9)16(22-8-23-17)11-5-12(20)14(26-2)6-13(11)27-7-10-3-4-10/h5-6,8,10,24H,3-4,7H2,1-2H3,(H2,21,25). The first-order valence-corrected chi connectivity index (χ1v) is 8.63. The minimum absolute atomic E-state index is 0.0929. The highest BCUT2D eigenvalue weighted by Crippen LogP contribution is 2.39. The van der Waals surface area contributed by atoms with Gasteiger partial charge >= 0.3 is 0 Å². The molecule has 0 spiro atoms. The van der Waals surface area contributed by atoms with E-state index in [1.54, 1.807) is 6.92 Å². The molecule has 8 heteroatoms. The van der Waals surface area contributed by atoms with Crippen LogP contribution in [0, 0.1) is 18.7 Å². The summed E-state index contributed by atoms with van der Waals surface area (Å²) in [7, 11) is 1.40. The fourth-order valence-electron chi connectivity index (χ4n) is 3.11. The molecule has 0 saturated heterocycles. The molecule has 2 heterocycles. The fourth-order valence-corrected chi connectivity index (χ4v) is 3.11. The summed E-state index contributed by atoms with van der Waals surface area (Å²) in [5, 5.41) is 0. The van der Waals surface area contributed by atoms with Crippen LogP contribution in [0.25, 0.3) is 22.3 Å². The van der Waals surface area contributed by atoms with Gasteiger partial charge in [-0.05, 0) is 31.7 Å². The summed E-state index contributed by atoms with van der Waals surface area (Å²) in [6.45, 7) is 2.27. The molecule has 1 fully saturated rings. The number of aryl methyl sites for hydroxylation is 1. The number of nitrogens with one attached hydrogen (secondary N) is 1. The van der Waals surface area contributed by atoms with E-state index in [0.29, 0.717) is 51.8 Å². The lowest BCUT2D eigenvalue weighted by Gasteiger charge is -2.14. The highest BCUT2D eigenvalue weighted by atomic mass is 19.1. The van der Waals surface area contributed by atoms with Gasteiger partial charge in [-0.3, -0.25) is 4.79 Å². The van der Waals surface area contributed by atoms with Crippen molar-refractivity contribution in [3.63, 3.8) is 0 Å². The van der Waals surface area contributed by atoms with Gasteiger partial charge in [0.1, 0.15) is 23.3 Å². The third kappa shape index (κ3) is 3.07. The second kappa shape index (κ2) is 6.53. The monoisotopic (exact) mass is 370 g/mol. The summed E-state index contributed by atoms with van der Waals surface area (Å²) in [4.78, 5) is 23.4. The van der Waals surface area contributed by atoms with Crippen LogP contribution in [0.2, 0.25) is 0 Å². The lowest BCUT2D eigenvalue weighted by molar-refractivity contribution is 0.100. The van der Waals surface area contributed by atoms with Crippen molar-refractivity contribution >= 4 is 16.9 Å². The molecule has 2 aromatic heterocycles. The number of halogens is 1. The van der Waals surface area contributed by atoms with Crippen LogP contribution in [0.5, 0.6) is 11.5 Å². The average molecular weight is 370 g/mol. The van der Waals surface area contributed by atoms with E-state index < -0.39 is 11.7 Å². The Bertz CT molecular complexity index is 1040. The number of aromatic amines is 1. The second-order valence-corrected chi connectivity index (χ2v) is 6.67. The molecule has 1 amide bonds. The van der Waals surface area contributed by atoms with Crippen molar-refractivity contribution < 1.29 is 18.7 Å². The molecule has 140 valence electrons. The number of primary amides is 1. The van der Waals surface area contributed by atoms with Gasteiger partial charge in [-0.2, -0.15) is 0 Å². The van der Waals surface area contributed by atoms with Crippen LogP contribution < -0.4 is 15.2 Å². The Morgan fingerprint density at radius 1 is 1.33 bits per heavy atom. The summed E-state index contributed by atoms with van der Waals surface area (Å²) >= 11 is 0. The first-order valence-electron chi connectivity index (χ1n) is 8.63. The zero-order valence-electron chi connectivity index (χ0n) is 15.0. The van der Waals surface area contributed by atoms with Gasteiger partial charge in [0.25, 0.3) is 5.91 Å². The molecular weight excluding hydrogens is 351 g/mol. The number of carbonyl (C=O) groups is 1. The Kier molecular flexibility index (Phi) is 4.18. The second-order valence-electron chi connectivity index (χ2n) is 6.67. The minimum atomic E-state index is -0.588. The normalized spacial score (nSPS) is 13.7. The molecule has 27 heavy (non-hydrogen) atoms. The van der Waals surface area contributed by atoms with Gasteiger partial charge in [0, 0.05) is 17.3 Å². The van der Waals surface area contributed by atoms with Crippen LogP contribution in [0.15, 0.2) is 18.5 Å². The lowest BCUT2D eigenvalue weighted by atomic mass is 10.1. The van der Waals surface area contributed by atoms with Gasteiger partial charge in [0.05, 0.1) is 24.8 Å². The largest absolute Gasteiger partial charge is 0.494 e. The fraction of sp³-hybridized carbons (Fsp3) is 0.316. The Balaban J connectivity index is 1.90. The first kappa shape index (κ1) is 17.3. The topological polar surface area (TPSA) is 103 Å². The van der Waals surface area contributed by atoms with Gasteiger partial charge < -0.3 is 20.2 Å². The molecule has 0 bridgehead atoms. The summed E-state index contributed by atoms with van der Waals surface area (Å²) < 4.78 is 25.4. The molecule has 0 unspecified atom stereocenters. The molecule has 1 aliphatic carbocycles. The van der Waals surface area contributed by atoms with E-state index in [2.05, 4.69) is 15.0 Å². The van der Waals surface area contributed by atoms with Crippen LogP contribution >= 0.6 is 0 Å². The van der Waals surface area contributed by atoms with Crippen molar-refractivity contribution in [2.75, 3.05) is 13.7 Å². The van der Waals surface area contributed by atoms with Crippen LogP contribution in [-0.4, -0.2) is 34.6 Å². The SMILES string of the molecule is COc1cc(OCC2CC2)c(-c2ncnc3c(C(N)=O)c(C)[nH]c23)cc1F. The summed E-state index contributed by atoms with van der Waals surface area (Å²) in [5.74, 6) is -0.0390. The molecular formula is C19H19FN4O3. The molecule has 1 aliphatic rings. The molecule has 3 aromatic rings. The Morgan fingerprint density at radius 3 is 2.78 bits per heavy atom. The molecule has 0 atom stereocenters. The van der Waals surface area contributed by atoms with Gasteiger partial charge in [-0.25, -0.2) is 14.4 Å². The maximum Gasteiger partial charge on any atom is 0.252 e. The number of hydrogen-bond donors (Lipinski definition) is 2. The number of hydrogen-bond acceptors (Lipinski definition) is 5. The van der Waals surface area contributed by atoms with E-state index in [1.165, 1.54) is 25.6 Å². The van der Waals surface area contributed by atoms with Gasteiger partial charge in [-0.1, -0.05) is 0 Å². The number of carbonyl (C=O) groups excluding carboxylic acids is 1. The van der Waals surface area contributed by atoms with Crippen LogP contribution in [0.3, 0.4) is 0 Å². The lowest BCUT2D eigenvalue weighted by Crippen LogP contribution is -2.12. The van der Waals surface area contributed by atoms with Crippen LogP contribution in [0.4, 0.5) is 4.39 Å². The summed E-state index contributed by atoms with van der Waals surface area (Å²) in [6, 6.07) is 2.84. The third-order valence-electron chi connectivity index (χ3n) is 4.70. The van der Waals surface area contributed by atoms with E-state index in [4.69, 9.17) is 15.2 Å². The van der Waals surface area contributed by atoms with Crippen molar-refractivity contribution in [3.05, 3.63) is 35.5 Å². The predicted molar refractivity (Wildman–Crippen MR) is 97.3 cm³/mol. The molecule has 0 radical (unpaired) electrons. The number of nitrogens with zero attached hydrogens (tertiary/aromatic N) is 2. The Labute approximate surface area is 154 Å². The average Bonchev–Trinajstić information content (AvgIpc) is 3.39. The third-order valence-corrected chi connectivity index (χ3v) is 4.70. The number of fused-ring (bicyclic) bond motifs is 1. The Hall–Kier alpha value is -3.16. The van der Waals surface area contributed by atoms with Crippen LogP contribution in [0.1, 0.15) is 28.9 Å². The number of rotatable bonds is 6. The number of H-pyrrole nitrogens is 1. The van der Waals surface area contributed by atoms with Crippen molar-refractivity contribution in [3.8, 4) is 22.8 Å². The number of nitrogens with two attached hydrogens (primary N) is 1. The highest BCUT2D eigenvalue weighted by Gasteiger charge is 2.25. The van der Waals surface area contributed by atoms with E-state index in [9.17, 15) is 9.18 Å². The maximum atomic E-state index is 14.4. The number of methoxy groups -OCH3 is 1. The number of aromatic nitrogens is 3. The highest BCUT2D eigenvalue weighted by molar-refractivity contribution is 6.08. The smallest absolute Gasteiger partial charge is 0.252 e. The number of ether oxygens (including phenoxy) is 2. The van der Waals surface area contributed by atoms with E-state index in [1.807, 2.05) is 0 Å². The van der Waals surface area contributed by atoms with Gasteiger partial charge in [0.2, 0.25) is 0 Å². The quantitative estimate of drug-likeness (QED) is 0.694. The van der Waals surface area contributed by atoms with Crippen molar-refractivity contribution in [1.82, 2.24) is 15.0 Å². The van der Waals surface area contributed by atoms with E-state index in [-0.39, 0.29) is 5.75 Å². The molecule has 3 N–H and O–H groups in total. The molecule has 1 saturated carbocycles. The Morgan fingerprint density at radius 2 is 2.11 bits per heavy atom. The predicted octanol–water partition coefficient (Wildman–Crippen LogP) is 2.97. The summed E-state index contributed by atoms with van der Waals surface area (Å²) in [5.41, 5.74) is 8.14. The number of benzene rings is 1. The number of amides is 1. The van der Waals surface area contributed by atoms with Crippen molar-refractivity contribution in [2.24, 2.45) is 11.7 Å². The zero-order valence-corrected chi connectivity index (χ0v) is 15.0. The zero-order chi connectivity index (χ0) is 19.1. The summed E-state index contributed by atoms with van der Waals surface area (Å²) in [6.07, 6.45) is 3.58. The molecule has 7 nitrogen and oxygen atoms in total.